The van der Waals surface area contributed by atoms with Gasteiger partial charge in [0, 0.05) is 54.7 Å². The number of aromatic nitrogens is 3. The molecule has 5 rings (SSSR count). The average molecular weight is 494 g/mol. The summed E-state index contributed by atoms with van der Waals surface area (Å²) >= 11 is 0. The Morgan fingerprint density at radius 3 is 2.53 bits per heavy atom. The van der Waals surface area contributed by atoms with E-state index in [1.807, 2.05) is 24.3 Å². The lowest BCUT2D eigenvalue weighted by atomic mass is 10.2. The second-order valence-corrected chi connectivity index (χ2v) is 8.74. The second-order valence-electron chi connectivity index (χ2n) is 8.74. The molecule has 1 fully saturated rings. The zero-order valence-electron chi connectivity index (χ0n) is 19.8. The largest absolute Gasteiger partial charge is 0.435 e. The number of carbonyl (C=O) groups is 1. The minimum atomic E-state index is -0.887. The molecule has 0 aliphatic carbocycles. The molecule has 2 aromatic heterocycles. The molecule has 4 N–H and O–H groups in total. The van der Waals surface area contributed by atoms with Crippen LogP contribution in [0, 0.1) is 18.6 Å². The lowest BCUT2D eigenvalue weighted by Gasteiger charge is -2.34. The maximum absolute atomic E-state index is 15.0. The summed E-state index contributed by atoms with van der Waals surface area (Å²) in [5, 5.41) is 3.07. The number of halogens is 2. The highest BCUT2D eigenvalue weighted by Crippen LogP contribution is 2.34. The normalized spacial score (nSPS) is 14.3. The van der Waals surface area contributed by atoms with Crippen molar-refractivity contribution in [1.29, 1.82) is 0 Å². The van der Waals surface area contributed by atoms with Crippen molar-refractivity contribution in [3.63, 3.8) is 0 Å². The molecule has 1 amide bonds. The molecule has 9 nitrogen and oxygen atoms in total. The van der Waals surface area contributed by atoms with E-state index in [1.165, 1.54) is 6.07 Å². The number of hydrogen-bond donors (Lipinski definition) is 3. The number of aryl methyl sites for hydroxylation is 1. The maximum Gasteiger partial charge on any atom is 0.258 e. The van der Waals surface area contributed by atoms with Gasteiger partial charge >= 0.3 is 0 Å². The summed E-state index contributed by atoms with van der Waals surface area (Å²) < 4.78 is 35.1. The Kier molecular flexibility index (Phi) is 6.15. The molecule has 36 heavy (non-hydrogen) atoms. The van der Waals surface area contributed by atoms with E-state index in [9.17, 15) is 9.18 Å². The van der Waals surface area contributed by atoms with Crippen molar-refractivity contribution in [2.75, 3.05) is 43.4 Å². The number of carbonyl (C=O) groups excluding carboxylic acids is 1. The van der Waals surface area contributed by atoms with Crippen LogP contribution in [0.5, 0.6) is 11.6 Å². The van der Waals surface area contributed by atoms with Gasteiger partial charge in [-0.2, -0.15) is 0 Å². The molecule has 11 heteroatoms. The molecule has 0 saturated carbocycles. The van der Waals surface area contributed by atoms with Crippen LogP contribution in [0.4, 0.5) is 26.0 Å². The number of primary amides is 1. The molecule has 3 heterocycles. The van der Waals surface area contributed by atoms with Gasteiger partial charge in [0.05, 0.1) is 5.52 Å². The van der Waals surface area contributed by atoms with Gasteiger partial charge in [0.25, 0.3) is 5.91 Å². The van der Waals surface area contributed by atoms with Gasteiger partial charge in [-0.1, -0.05) is 0 Å². The number of H-pyrrole nitrogens is 1. The average Bonchev–Trinajstić information content (AvgIpc) is 3.26. The first kappa shape index (κ1) is 23.5. The number of aromatic amines is 1. The number of nitrogens with zero attached hydrogens (tertiary/aromatic N) is 4. The number of fused-ring (bicyclic) bond motifs is 1. The number of nitrogens with two attached hydrogens (primary N) is 1. The van der Waals surface area contributed by atoms with E-state index in [0.29, 0.717) is 11.4 Å². The topological polar surface area (TPSA) is 112 Å². The van der Waals surface area contributed by atoms with Crippen LogP contribution in [-0.2, 0) is 0 Å². The Bertz CT molecular complexity index is 1430. The molecule has 0 atom stereocenters. The molecule has 0 bridgehead atoms. The Hall–Kier alpha value is -4.25. The smallest absolute Gasteiger partial charge is 0.258 e. The predicted octanol–water partition coefficient (Wildman–Crippen LogP) is 3.93. The number of ether oxygens (including phenoxy) is 1. The quantitative estimate of drug-likeness (QED) is 0.373. The molecule has 0 unspecified atom stereocenters. The van der Waals surface area contributed by atoms with Crippen LogP contribution in [0.2, 0.25) is 0 Å². The van der Waals surface area contributed by atoms with Crippen LogP contribution >= 0.6 is 0 Å². The van der Waals surface area contributed by atoms with Gasteiger partial charge in [0.1, 0.15) is 11.9 Å². The summed E-state index contributed by atoms with van der Waals surface area (Å²) in [6.45, 7) is 5.55. The van der Waals surface area contributed by atoms with Gasteiger partial charge in [-0.15, -0.1) is 0 Å². The van der Waals surface area contributed by atoms with Gasteiger partial charge in [-0.25, -0.2) is 18.7 Å². The summed E-state index contributed by atoms with van der Waals surface area (Å²) in [5.41, 5.74) is 7.76. The van der Waals surface area contributed by atoms with Crippen molar-refractivity contribution >= 4 is 34.0 Å². The van der Waals surface area contributed by atoms with E-state index in [0.717, 1.165) is 44.3 Å². The molecule has 2 aromatic carbocycles. The number of likely N-dealkylation sites (N-methyl/N-ethyl adjacent to an activating group) is 1. The number of anilines is 3. The molecular formula is C25H25F2N7O2. The number of hydrogen-bond acceptors (Lipinski definition) is 7. The fraction of sp³-hybridized carbons (Fsp3) is 0.240. The third kappa shape index (κ3) is 4.52. The molecule has 1 aliphatic rings. The molecule has 1 aliphatic heterocycles. The fourth-order valence-corrected chi connectivity index (χ4v) is 4.23. The van der Waals surface area contributed by atoms with Gasteiger partial charge in [-0.05, 0) is 44.3 Å². The highest BCUT2D eigenvalue weighted by Gasteiger charge is 2.23. The van der Waals surface area contributed by atoms with Gasteiger partial charge in [0.15, 0.2) is 23.2 Å². The van der Waals surface area contributed by atoms with E-state index in [1.54, 1.807) is 6.92 Å². The number of benzene rings is 2. The summed E-state index contributed by atoms with van der Waals surface area (Å²) in [6.07, 6.45) is 1.15. The van der Waals surface area contributed by atoms with Crippen molar-refractivity contribution in [2.24, 2.45) is 5.73 Å². The van der Waals surface area contributed by atoms with E-state index < -0.39 is 23.3 Å². The molecule has 186 valence electrons. The van der Waals surface area contributed by atoms with E-state index >= 15 is 4.39 Å². The van der Waals surface area contributed by atoms with Gasteiger partial charge in [-0.3, -0.25) is 4.79 Å². The zero-order chi connectivity index (χ0) is 25.4. The van der Waals surface area contributed by atoms with Crippen molar-refractivity contribution in [2.45, 2.75) is 6.92 Å². The first-order valence-electron chi connectivity index (χ1n) is 11.4. The zero-order valence-corrected chi connectivity index (χ0v) is 19.8. The molecule has 0 radical (unpaired) electrons. The summed E-state index contributed by atoms with van der Waals surface area (Å²) in [6, 6.07) is 10.0. The lowest BCUT2D eigenvalue weighted by Crippen LogP contribution is -2.44. The van der Waals surface area contributed by atoms with Crippen molar-refractivity contribution in [3.05, 3.63) is 65.6 Å². The van der Waals surface area contributed by atoms with Crippen LogP contribution in [0.15, 0.2) is 42.7 Å². The van der Waals surface area contributed by atoms with Crippen LogP contribution in [-0.4, -0.2) is 59.0 Å². The van der Waals surface area contributed by atoms with E-state index in [-0.39, 0.29) is 28.2 Å². The number of rotatable bonds is 6. The molecule has 4 aromatic rings. The highest BCUT2D eigenvalue weighted by molar-refractivity contribution is 6.00. The number of amides is 1. The molecule has 1 saturated heterocycles. The summed E-state index contributed by atoms with van der Waals surface area (Å²) in [5.74, 6) is -3.02. The monoisotopic (exact) mass is 493 g/mol. The predicted molar refractivity (Wildman–Crippen MR) is 133 cm³/mol. The fourth-order valence-electron chi connectivity index (χ4n) is 4.23. The van der Waals surface area contributed by atoms with Crippen molar-refractivity contribution in [1.82, 2.24) is 19.9 Å². The third-order valence-electron chi connectivity index (χ3n) is 6.17. The Morgan fingerprint density at radius 2 is 1.83 bits per heavy atom. The Morgan fingerprint density at radius 1 is 1.11 bits per heavy atom. The van der Waals surface area contributed by atoms with Crippen molar-refractivity contribution in [3.8, 4) is 11.6 Å². The van der Waals surface area contributed by atoms with Gasteiger partial charge < -0.3 is 30.6 Å². The molecule has 0 spiro atoms. The first-order chi connectivity index (χ1) is 17.3. The lowest BCUT2D eigenvalue weighted by molar-refractivity contribution is 0.0998. The first-order valence-corrected chi connectivity index (χ1v) is 11.4. The van der Waals surface area contributed by atoms with E-state index in [2.05, 4.69) is 37.1 Å². The standard InChI is InChI=1S/C25H25F2N7O2/c1-14-11-17-21(27)19(12-18(26)22(17)31-14)36-25-20(23(28)35)24(29-13-30-25)32-15-3-5-16(6-4-15)34-9-7-33(2)8-10-34/h3-6,11-13,31H,7-10H2,1-2H3,(H2,28,35)(H,29,30,32). The van der Waals surface area contributed by atoms with Crippen LogP contribution in [0.1, 0.15) is 16.1 Å². The maximum atomic E-state index is 15.0. The minimum absolute atomic E-state index is 0.0240. The van der Waals surface area contributed by atoms with Gasteiger partial charge in [0.2, 0.25) is 5.88 Å². The van der Waals surface area contributed by atoms with Crippen LogP contribution in [0.25, 0.3) is 10.9 Å². The molecular weight excluding hydrogens is 468 g/mol. The van der Waals surface area contributed by atoms with Crippen LogP contribution < -0.4 is 20.7 Å². The third-order valence-corrected chi connectivity index (χ3v) is 6.17. The Labute approximate surface area is 205 Å². The highest BCUT2D eigenvalue weighted by atomic mass is 19.1. The van der Waals surface area contributed by atoms with Crippen molar-refractivity contribution < 1.29 is 18.3 Å². The van der Waals surface area contributed by atoms with Crippen LogP contribution in [0.3, 0.4) is 0 Å². The Balaban J connectivity index is 1.42. The van der Waals surface area contributed by atoms with E-state index in [4.69, 9.17) is 10.5 Å². The minimum Gasteiger partial charge on any atom is -0.435 e. The SMILES string of the molecule is Cc1cc2c(F)c(Oc3ncnc(Nc4ccc(N5CCN(C)CC5)cc4)c3C(N)=O)cc(F)c2[nH]1. The number of nitrogens with one attached hydrogen (secondary N) is 2. The second kappa shape index (κ2) is 9.42. The summed E-state index contributed by atoms with van der Waals surface area (Å²) in [7, 11) is 2.10. The summed E-state index contributed by atoms with van der Waals surface area (Å²) in [4.78, 5) is 27.7. The number of piperazine rings is 1.